The number of fused-ring (bicyclic) bond motifs is 7. The second-order valence-corrected chi connectivity index (χ2v) is 6.85. The molecule has 2 heteroatoms. The van der Waals surface area contributed by atoms with Crippen LogP contribution < -0.4 is 0 Å². The zero-order valence-electron chi connectivity index (χ0n) is 11.9. The van der Waals surface area contributed by atoms with E-state index >= 15 is 0 Å². The van der Waals surface area contributed by atoms with E-state index in [1.165, 1.54) is 42.3 Å². The molecule has 0 spiro atoms. The number of allylic oxidation sites excluding steroid dienone is 1. The summed E-state index contributed by atoms with van der Waals surface area (Å²) in [7, 11) is 2.21. The maximum atomic E-state index is 2.39. The standard InChI is InChI=1S/C19H15NS/c1-20-15-8-4-2-7-14(15)18-16(20)11-10-13-12-6-3-5-9-17(12)21-19(13)18/h2-3,5-7,9-11H,4,8H2,1H3. The van der Waals surface area contributed by atoms with E-state index in [1.807, 2.05) is 11.3 Å². The Morgan fingerprint density at radius 1 is 1.05 bits per heavy atom. The molecule has 0 unspecified atom stereocenters. The lowest BCUT2D eigenvalue weighted by atomic mass is 10.0. The first-order valence-electron chi connectivity index (χ1n) is 7.42. The van der Waals surface area contributed by atoms with Crippen LogP contribution in [-0.2, 0) is 13.5 Å². The summed E-state index contributed by atoms with van der Waals surface area (Å²) in [5.74, 6) is 0. The third-order valence-corrected chi connectivity index (χ3v) is 5.91. The fraction of sp³-hybridized carbons (Fsp3) is 0.158. The van der Waals surface area contributed by atoms with Crippen molar-refractivity contribution in [1.29, 1.82) is 0 Å². The van der Waals surface area contributed by atoms with Gasteiger partial charge in [-0.15, -0.1) is 11.3 Å². The number of rotatable bonds is 0. The van der Waals surface area contributed by atoms with E-state index in [0.29, 0.717) is 0 Å². The summed E-state index contributed by atoms with van der Waals surface area (Å²) in [4.78, 5) is 0. The summed E-state index contributed by atoms with van der Waals surface area (Å²) >= 11 is 1.93. The van der Waals surface area contributed by atoms with Crippen LogP contribution in [0, 0.1) is 0 Å². The van der Waals surface area contributed by atoms with Crippen molar-refractivity contribution in [3.8, 4) is 0 Å². The Morgan fingerprint density at radius 2 is 1.95 bits per heavy atom. The van der Waals surface area contributed by atoms with Crippen LogP contribution in [0.4, 0.5) is 0 Å². The molecule has 2 aromatic heterocycles. The van der Waals surface area contributed by atoms with Gasteiger partial charge in [-0.1, -0.05) is 36.4 Å². The van der Waals surface area contributed by atoms with Crippen LogP contribution in [0.15, 0.2) is 42.5 Å². The minimum Gasteiger partial charge on any atom is -0.347 e. The van der Waals surface area contributed by atoms with Crippen molar-refractivity contribution in [1.82, 2.24) is 4.57 Å². The van der Waals surface area contributed by atoms with Gasteiger partial charge in [0, 0.05) is 43.9 Å². The quantitative estimate of drug-likeness (QED) is 0.402. The molecular formula is C19H15NS. The largest absolute Gasteiger partial charge is 0.347 e. The molecule has 0 radical (unpaired) electrons. The fourth-order valence-corrected chi connectivity index (χ4v) is 4.95. The Kier molecular flexibility index (Phi) is 2.20. The molecule has 1 aliphatic carbocycles. The van der Waals surface area contributed by atoms with Crippen molar-refractivity contribution in [3.63, 3.8) is 0 Å². The molecule has 0 saturated heterocycles. The van der Waals surface area contributed by atoms with Crippen molar-refractivity contribution < 1.29 is 0 Å². The molecule has 0 saturated carbocycles. The minimum atomic E-state index is 1.16. The van der Waals surface area contributed by atoms with Crippen molar-refractivity contribution in [3.05, 3.63) is 53.7 Å². The lowest BCUT2D eigenvalue weighted by Gasteiger charge is -2.07. The first-order valence-corrected chi connectivity index (χ1v) is 8.24. The maximum absolute atomic E-state index is 2.39. The maximum Gasteiger partial charge on any atom is 0.0500 e. The van der Waals surface area contributed by atoms with Gasteiger partial charge in [-0.3, -0.25) is 0 Å². The zero-order valence-corrected chi connectivity index (χ0v) is 12.7. The summed E-state index contributed by atoms with van der Waals surface area (Å²) in [5, 5.41) is 4.23. The number of hydrogen-bond acceptors (Lipinski definition) is 1. The fourth-order valence-electron chi connectivity index (χ4n) is 3.69. The lowest BCUT2D eigenvalue weighted by Crippen LogP contribution is -1.99. The molecule has 0 atom stereocenters. The number of benzene rings is 2. The van der Waals surface area contributed by atoms with Gasteiger partial charge in [0.2, 0.25) is 0 Å². The average Bonchev–Trinajstić information content (AvgIpc) is 3.04. The van der Waals surface area contributed by atoms with Gasteiger partial charge in [0.1, 0.15) is 0 Å². The molecule has 1 nitrogen and oxygen atoms in total. The van der Waals surface area contributed by atoms with E-state index in [2.05, 4.69) is 60.2 Å². The van der Waals surface area contributed by atoms with Crippen molar-refractivity contribution in [2.45, 2.75) is 12.8 Å². The summed E-state index contributed by atoms with van der Waals surface area (Å²) in [6.07, 6.45) is 6.95. The Hall–Kier alpha value is -2.06. The summed E-state index contributed by atoms with van der Waals surface area (Å²) < 4.78 is 5.22. The minimum absolute atomic E-state index is 1.16. The van der Waals surface area contributed by atoms with Gasteiger partial charge in [0.25, 0.3) is 0 Å². The molecule has 0 N–H and O–H groups in total. The number of thiophene rings is 1. The molecular weight excluding hydrogens is 274 g/mol. The molecule has 4 aromatic rings. The van der Waals surface area contributed by atoms with Crippen molar-refractivity contribution in [2.24, 2.45) is 7.05 Å². The normalized spacial score (nSPS) is 14.3. The topological polar surface area (TPSA) is 4.93 Å². The molecule has 0 fully saturated rings. The van der Waals surface area contributed by atoms with Crippen LogP contribution in [-0.4, -0.2) is 4.57 Å². The molecule has 0 bridgehead atoms. The van der Waals surface area contributed by atoms with E-state index in [0.717, 1.165) is 12.8 Å². The van der Waals surface area contributed by atoms with Crippen molar-refractivity contribution >= 4 is 48.5 Å². The summed E-state index contributed by atoms with van der Waals surface area (Å²) in [6, 6.07) is 13.3. The molecule has 2 aromatic carbocycles. The molecule has 5 rings (SSSR count). The average molecular weight is 289 g/mol. The van der Waals surface area contributed by atoms with Gasteiger partial charge in [0.05, 0.1) is 5.52 Å². The molecule has 2 heterocycles. The van der Waals surface area contributed by atoms with E-state index in [1.54, 1.807) is 0 Å². The molecule has 0 amide bonds. The highest BCUT2D eigenvalue weighted by molar-refractivity contribution is 7.26. The second kappa shape index (κ2) is 3.99. The highest BCUT2D eigenvalue weighted by Crippen LogP contribution is 2.42. The van der Waals surface area contributed by atoms with Gasteiger partial charge in [0.15, 0.2) is 0 Å². The predicted octanol–water partition coefficient (Wildman–Crippen LogP) is 5.51. The number of nitrogens with zero attached hydrogens (tertiary/aromatic N) is 1. The van der Waals surface area contributed by atoms with Crippen LogP contribution in [0.3, 0.4) is 0 Å². The van der Waals surface area contributed by atoms with Crippen molar-refractivity contribution in [2.75, 3.05) is 0 Å². The van der Waals surface area contributed by atoms with E-state index in [9.17, 15) is 0 Å². The lowest BCUT2D eigenvalue weighted by molar-refractivity contribution is 0.824. The SMILES string of the molecule is Cn1c2c(c3c4sc5ccccc5c4ccc31)C=CCC2. The zero-order chi connectivity index (χ0) is 14.0. The first kappa shape index (κ1) is 11.6. The van der Waals surface area contributed by atoms with Crippen LogP contribution in [0.1, 0.15) is 17.7 Å². The number of aryl methyl sites for hydroxylation is 1. The van der Waals surface area contributed by atoms with Gasteiger partial charge in [-0.05, 0) is 25.0 Å². The highest BCUT2D eigenvalue weighted by atomic mass is 32.1. The van der Waals surface area contributed by atoms with E-state index in [4.69, 9.17) is 0 Å². The highest BCUT2D eigenvalue weighted by Gasteiger charge is 2.18. The van der Waals surface area contributed by atoms with E-state index < -0.39 is 0 Å². The number of aromatic nitrogens is 1. The van der Waals surface area contributed by atoms with Gasteiger partial charge in [-0.25, -0.2) is 0 Å². The van der Waals surface area contributed by atoms with Gasteiger partial charge >= 0.3 is 0 Å². The van der Waals surface area contributed by atoms with E-state index in [-0.39, 0.29) is 0 Å². The molecule has 21 heavy (non-hydrogen) atoms. The first-order chi connectivity index (χ1) is 10.3. The monoisotopic (exact) mass is 289 g/mol. The number of hydrogen-bond donors (Lipinski definition) is 0. The summed E-state index contributed by atoms with van der Waals surface area (Å²) in [6.45, 7) is 0. The third-order valence-electron chi connectivity index (χ3n) is 4.70. The Morgan fingerprint density at radius 3 is 2.90 bits per heavy atom. The van der Waals surface area contributed by atoms with Crippen LogP contribution in [0.5, 0.6) is 0 Å². The summed E-state index contributed by atoms with van der Waals surface area (Å²) in [5.41, 5.74) is 4.29. The third kappa shape index (κ3) is 1.41. The van der Waals surface area contributed by atoms with Crippen LogP contribution >= 0.6 is 11.3 Å². The molecule has 102 valence electrons. The second-order valence-electron chi connectivity index (χ2n) is 5.80. The molecule has 1 aliphatic rings. The van der Waals surface area contributed by atoms with Crippen LogP contribution in [0.25, 0.3) is 37.2 Å². The smallest absolute Gasteiger partial charge is 0.0500 e. The Bertz CT molecular complexity index is 1050. The van der Waals surface area contributed by atoms with Crippen LogP contribution in [0.2, 0.25) is 0 Å². The molecule has 0 aliphatic heterocycles. The van der Waals surface area contributed by atoms with Gasteiger partial charge < -0.3 is 4.57 Å². The Balaban J connectivity index is 2.07. The van der Waals surface area contributed by atoms with Gasteiger partial charge in [-0.2, -0.15) is 0 Å². The Labute approximate surface area is 127 Å². The predicted molar refractivity (Wildman–Crippen MR) is 93.2 cm³/mol.